The standard InChI is InChI=1S/C18H22N2O3/c1-2-9-20-15-6-4-3-5-12(15)11-16(20)17(21)19-14-8-7-13(10-14)18(22)23/h3-6,11,13-14H,2,7-10H2,1H3,(H,19,21)(H,22,23)/t13-,14+/m1/s1. The van der Waals surface area contributed by atoms with Gasteiger partial charge in [-0.05, 0) is 37.8 Å². The van der Waals surface area contributed by atoms with Crippen LogP contribution in [-0.2, 0) is 11.3 Å². The SMILES string of the molecule is CCCn1c(C(=O)N[C@H]2CC[C@@H](C(=O)O)C2)cc2ccccc21. The number of carboxylic acid groups (broad SMARTS) is 1. The third kappa shape index (κ3) is 3.09. The van der Waals surface area contributed by atoms with E-state index >= 15 is 0 Å². The summed E-state index contributed by atoms with van der Waals surface area (Å²) in [6, 6.07) is 9.85. The summed E-state index contributed by atoms with van der Waals surface area (Å²) in [6.07, 6.45) is 2.84. The molecule has 5 nitrogen and oxygen atoms in total. The number of rotatable bonds is 5. The summed E-state index contributed by atoms with van der Waals surface area (Å²) < 4.78 is 2.05. The number of amides is 1. The van der Waals surface area contributed by atoms with Gasteiger partial charge in [-0.25, -0.2) is 0 Å². The van der Waals surface area contributed by atoms with Crippen molar-refractivity contribution in [1.82, 2.24) is 9.88 Å². The highest BCUT2D eigenvalue weighted by Crippen LogP contribution is 2.26. The van der Waals surface area contributed by atoms with Crippen molar-refractivity contribution in [2.75, 3.05) is 0 Å². The van der Waals surface area contributed by atoms with Crippen molar-refractivity contribution in [2.24, 2.45) is 5.92 Å². The van der Waals surface area contributed by atoms with E-state index in [1.807, 2.05) is 34.9 Å². The van der Waals surface area contributed by atoms with Gasteiger partial charge in [-0.3, -0.25) is 9.59 Å². The Balaban J connectivity index is 1.81. The summed E-state index contributed by atoms with van der Waals surface area (Å²) in [5.74, 6) is -1.20. The topological polar surface area (TPSA) is 71.3 Å². The van der Waals surface area contributed by atoms with E-state index in [9.17, 15) is 9.59 Å². The molecule has 0 unspecified atom stereocenters. The Bertz CT molecular complexity index is 735. The molecule has 0 radical (unpaired) electrons. The summed E-state index contributed by atoms with van der Waals surface area (Å²) in [5, 5.41) is 13.1. The zero-order valence-corrected chi connectivity index (χ0v) is 13.3. The second kappa shape index (κ2) is 6.44. The van der Waals surface area contributed by atoms with Crippen LogP contribution in [0.1, 0.15) is 43.1 Å². The minimum atomic E-state index is -0.762. The van der Waals surface area contributed by atoms with E-state index in [1.165, 1.54) is 0 Å². The molecule has 0 bridgehead atoms. The number of aromatic nitrogens is 1. The number of carbonyl (C=O) groups is 2. The molecule has 1 aromatic carbocycles. The molecule has 1 amide bonds. The first-order valence-electron chi connectivity index (χ1n) is 8.22. The van der Waals surface area contributed by atoms with E-state index in [1.54, 1.807) is 0 Å². The molecule has 1 saturated carbocycles. The van der Waals surface area contributed by atoms with E-state index in [0.29, 0.717) is 18.5 Å². The van der Waals surface area contributed by atoms with Crippen LogP contribution in [0.5, 0.6) is 0 Å². The molecule has 2 aromatic rings. The average Bonchev–Trinajstić information content (AvgIpc) is 3.13. The van der Waals surface area contributed by atoms with Crippen molar-refractivity contribution in [3.8, 4) is 0 Å². The first-order valence-corrected chi connectivity index (χ1v) is 8.22. The van der Waals surface area contributed by atoms with E-state index in [2.05, 4.69) is 12.2 Å². The van der Waals surface area contributed by atoms with Gasteiger partial charge in [0.25, 0.3) is 5.91 Å². The van der Waals surface area contributed by atoms with Crippen molar-refractivity contribution in [3.63, 3.8) is 0 Å². The molecule has 0 aliphatic heterocycles. The lowest BCUT2D eigenvalue weighted by molar-refractivity contribution is -0.141. The number of nitrogens with one attached hydrogen (secondary N) is 1. The molecular weight excluding hydrogens is 292 g/mol. The molecule has 1 aromatic heterocycles. The molecule has 2 N–H and O–H groups in total. The van der Waals surface area contributed by atoms with Crippen LogP contribution >= 0.6 is 0 Å². The number of carboxylic acids is 1. The maximum atomic E-state index is 12.7. The fourth-order valence-corrected chi connectivity index (χ4v) is 3.46. The minimum Gasteiger partial charge on any atom is -0.481 e. The molecule has 0 saturated heterocycles. The third-order valence-electron chi connectivity index (χ3n) is 4.61. The zero-order chi connectivity index (χ0) is 16.4. The molecule has 1 heterocycles. The van der Waals surface area contributed by atoms with Crippen LogP contribution < -0.4 is 5.32 Å². The first-order chi connectivity index (χ1) is 11.1. The Labute approximate surface area is 135 Å². The van der Waals surface area contributed by atoms with Crippen molar-refractivity contribution in [1.29, 1.82) is 0 Å². The van der Waals surface area contributed by atoms with Crippen molar-refractivity contribution >= 4 is 22.8 Å². The van der Waals surface area contributed by atoms with Gasteiger partial charge in [0.1, 0.15) is 5.69 Å². The number of nitrogens with zero attached hydrogens (tertiary/aromatic N) is 1. The molecule has 5 heteroatoms. The van der Waals surface area contributed by atoms with Gasteiger partial charge < -0.3 is 15.0 Å². The van der Waals surface area contributed by atoms with Gasteiger partial charge in [0.2, 0.25) is 0 Å². The minimum absolute atomic E-state index is 0.0447. The Hall–Kier alpha value is -2.30. The molecule has 1 aliphatic carbocycles. The number of hydrogen-bond donors (Lipinski definition) is 2. The van der Waals surface area contributed by atoms with Gasteiger partial charge in [-0.15, -0.1) is 0 Å². The Morgan fingerprint density at radius 2 is 2.09 bits per heavy atom. The Kier molecular flexibility index (Phi) is 4.37. The maximum Gasteiger partial charge on any atom is 0.306 e. The third-order valence-corrected chi connectivity index (χ3v) is 4.61. The number of hydrogen-bond acceptors (Lipinski definition) is 2. The van der Waals surface area contributed by atoms with Gasteiger partial charge in [-0.2, -0.15) is 0 Å². The van der Waals surface area contributed by atoms with Crippen LogP contribution in [0.15, 0.2) is 30.3 Å². The summed E-state index contributed by atoms with van der Waals surface area (Å²) in [5.41, 5.74) is 1.72. The lowest BCUT2D eigenvalue weighted by Gasteiger charge is -2.14. The van der Waals surface area contributed by atoms with Crippen molar-refractivity contribution < 1.29 is 14.7 Å². The molecule has 2 atom stereocenters. The van der Waals surface area contributed by atoms with Crippen LogP contribution in [0.4, 0.5) is 0 Å². The monoisotopic (exact) mass is 314 g/mol. The second-order valence-corrected chi connectivity index (χ2v) is 6.26. The summed E-state index contributed by atoms with van der Waals surface area (Å²) in [4.78, 5) is 23.7. The predicted octanol–water partition coefficient (Wildman–Crippen LogP) is 3.03. The van der Waals surface area contributed by atoms with E-state index in [-0.39, 0.29) is 17.9 Å². The number of benzene rings is 1. The van der Waals surface area contributed by atoms with Crippen LogP contribution in [0.2, 0.25) is 0 Å². The fourth-order valence-electron chi connectivity index (χ4n) is 3.46. The van der Waals surface area contributed by atoms with E-state index < -0.39 is 5.97 Å². The highest BCUT2D eigenvalue weighted by Gasteiger charge is 2.31. The van der Waals surface area contributed by atoms with Gasteiger partial charge in [0.05, 0.1) is 5.92 Å². The molecule has 1 aliphatic rings. The summed E-state index contributed by atoms with van der Waals surface area (Å²) in [7, 11) is 0. The first kappa shape index (κ1) is 15.6. The quantitative estimate of drug-likeness (QED) is 0.891. The lowest BCUT2D eigenvalue weighted by Crippen LogP contribution is -2.34. The van der Waals surface area contributed by atoms with Gasteiger partial charge in [0.15, 0.2) is 0 Å². The van der Waals surface area contributed by atoms with Crippen molar-refractivity contribution in [3.05, 3.63) is 36.0 Å². The Morgan fingerprint density at radius 1 is 1.30 bits per heavy atom. The van der Waals surface area contributed by atoms with Crippen LogP contribution in [-0.4, -0.2) is 27.6 Å². The summed E-state index contributed by atoms with van der Waals surface area (Å²) >= 11 is 0. The number of carbonyl (C=O) groups excluding carboxylic acids is 1. The zero-order valence-electron chi connectivity index (χ0n) is 13.3. The largest absolute Gasteiger partial charge is 0.481 e. The highest BCUT2D eigenvalue weighted by atomic mass is 16.4. The number of aliphatic carboxylic acids is 1. The fraction of sp³-hybridized carbons (Fsp3) is 0.444. The predicted molar refractivity (Wildman–Crippen MR) is 88.5 cm³/mol. The summed E-state index contributed by atoms with van der Waals surface area (Å²) in [6.45, 7) is 2.88. The average molecular weight is 314 g/mol. The number of fused-ring (bicyclic) bond motifs is 1. The smallest absolute Gasteiger partial charge is 0.306 e. The van der Waals surface area contributed by atoms with Gasteiger partial charge in [0, 0.05) is 23.5 Å². The normalized spacial score (nSPS) is 20.7. The van der Waals surface area contributed by atoms with Crippen LogP contribution in [0, 0.1) is 5.92 Å². The van der Waals surface area contributed by atoms with E-state index in [0.717, 1.165) is 30.3 Å². The number of para-hydroxylation sites is 1. The van der Waals surface area contributed by atoms with Crippen LogP contribution in [0.25, 0.3) is 10.9 Å². The molecule has 23 heavy (non-hydrogen) atoms. The molecule has 122 valence electrons. The van der Waals surface area contributed by atoms with Gasteiger partial charge in [-0.1, -0.05) is 25.1 Å². The molecule has 1 fully saturated rings. The van der Waals surface area contributed by atoms with E-state index in [4.69, 9.17) is 5.11 Å². The molecule has 0 spiro atoms. The van der Waals surface area contributed by atoms with Crippen molar-refractivity contribution in [2.45, 2.75) is 45.2 Å². The van der Waals surface area contributed by atoms with Crippen LogP contribution in [0.3, 0.4) is 0 Å². The number of aryl methyl sites for hydroxylation is 1. The second-order valence-electron chi connectivity index (χ2n) is 6.26. The lowest BCUT2D eigenvalue weighted by atomic mass is 10.1. The Morgan fingerprint density at radius 3 is 2.78 bits per heavy atom. The molecular formula is C18H22N2O3. The van der Waals surface area contributed by atoms with Gasteiger partial charge >= 0.3 is 5.97 Å². The highest BCUT2D eigenvalue weighted by molar-refractivity contribution is 5.99. The molecule has 3 rings (SSSR count). The maximum absolute atomic E-state index is 12.7.